The molecule has 0 saturated heterocycles. The van der Waals surface area contributed by atoms with Gasteiger partial charge in [-0.25, -0.2) is 4.79 Å². The molecule has 0 aliphatic rings. The Bertz CT molecular complexity index is 401. The van der Waals surface area contributed by atoms with Crippen molar-refractivity contribution in [1.82, 2.24) is 0 Å². The van der Waals surface area contributed by atoms with Crippen molar-refractivity contribution in [3.05, 3.63) is 41.0 Å². The van der Waals surface area contributed by atoms with E-state index in [1.807, 2.05) is 19.9 Å². The van der Waals surface area contributed by atoms with Crippen molar-refractivity contribution in [2.45, 2.75) is 20.3 Å². The summed E-state index contributed by atoms with van der Waals surface area (Å²) in [5.41, 5.74) is 1.79. The van der Waals surface area contributed by atoms with Gasteiger partial charge in [-0.1, -0.05) is 23.3 Å². The third-order valence-corrected chi connectivity index (χ3v) is 2.04. The lowest BCUT2D eigenvalue weighted by Gasteiger charge is -2.12. The molecule has 0 radical (unpaired) electrons. The van der Waals surface area contributed by atoms with Gasteiger partial charge in [-0.05, 0) is 32.4 Å². The minimum Gasteiger partial charge on any atom is -0.872 e. The van der Waals surface area contributed by atoms with Gasteiger partial charge in [0.15, 0.2) is 0 Å². The lowest BCUT2D eigenvalue weighted by atomic mass is 10.1. The highest BCUT2D eigenvalue weighted by molar-refractivity contribution is 5.88. The van der Waals surface area contributed by atoms with Crippen LogP contribution in [0.15, 0.2) is 29.8 Å². The van der Waals surface area contributed by atoms with Gasteiger partial charge < -0.3 is 10.2 Å². The molecule has 80 valence electrons. The van der Waals surface area contributed by atoms with E-state index in [4.69, 9.17) is 5.11 Å². The van der Waals surface area contributed by atoms with Crippen LogP contribution in [0.2, 0.25) is 0 Å². The monoisotopic (exact) mass is 205 g/mol. The fourth-order valence-electron chi connectivity index (χ4n) is 1.19. The predicted molar refractivity (Wildman–Crippen MR) is 56.0 cm³/mol. The lowest BCUT2D eigenvalue weighted by molar-refractivity contribution is -0.269. The molecule has 1 rings (SSSR count). The van der Waals surface area contributed by atoms with Crippen LogP contribution in [-0.4, -0.2) is 11.1 Å². The van der Waals surface area contributed by atoms with E-state index in [0.717, 1.165) is 5.57 Å². The zero-order valence-electron chi connectivity index (χ0n) is 8.78. The van der Waals surface area contributed by atoms with Gasteiger partial charge in [0, 0.05) is 0 Å². The highest BCUT2D eigenvalue weighted by Gasteiger charge is 2.03. The standard InChI is InChI=1S/C12H14O3/c1-8(2)3-4-9-7-10(12(14)15)5-6-11(9)13/h3,5-7,13H,4H2,1-2H3,(H,14,15)/p-1. The van der Waals surface area contributed by atoms with E-state index in [-0.39, 0.29) is 11.3 Å². The Morgan fingerprint density at radius 1 is 1.47 bits per heavy atom. The summed E-state index contributed by atoms with van der Waals surface area (Å²) in [6, 6.07) is 4.07. The Hall–Kier alpha value is -1.77. The average molecular weight is 205 g/mol. The number of benzene rings is 1. The van der Waals surface area contributed by atoms with E-state index >= 15 is 0 Å². The first kappa shape index (κ1) is 11.3. The smallest absolute Gasteiger partial charge is 0.335 e. The summed E-state index contributed by atoms with van der Waals surface area (Å²) in [5.74, 6) is -1.12. The zero-order chi connectivity index (χ0) is 11.4. The number of hydrogen-bond acceptors (Lipinski definition) is 2. The normalized spacial score (nSPS) is 9.73. The van der Waals surface area contributed by atoms with Crippen molar-refractivity contribution in [3.63, 3.8) is 0 Å². The maximum Gasteiger partial charge on any atom is 0.335 e. The van der Waals surface area contributed by atoms with Crippen LogP contribution in [0, 0.1) is 0 Å². The second-order valence-electron chi connectivity index (χ2n) is 3.61. The van der Waals surface area contributed by atoms with Crippen LogP contribution < -0.4 is 5.11 Å². The molecule has 0 spiro atoms. The zero-order valence-corrected chi connectivity index (χ0v) is 8.78. The van der Waals surface area contributed by atoms with E-state index in [2.05, 4.69) is 0 Å². The highest BCUT2D eigenvalue weighted by atomic mass is 16.4. The first-order valence-corrected chi connectivity index (χ1v) is 4.67. The van der Waals surface area contributed by atoms with Gasteiger partial charge in [0.1, 0.15) is 0 Å². The van der Waals surface area contributed by atoms with Crippen molar-refractivity contribution in [2.75, 3.05) is 0 Å². The van der Waals surface area contributed by atoms with Crippen molar-refractivity contribution < 1.29 is 15.0 Å². The summed E-state index contributed by atoms with van der Waals surface area (Å²) >= 11 is 0. The molecule has 0 unspecified atom stereocenters. The molecule has 1 N–H and O–H groups in total. The first-order valence-electron chi connectivity index (χ1n) is 4.67. The molecule has 0 bridgehead atoms. The molecule has 0 heterocycles. The summed E-state index contributed by atoms with van der Waals surface area (Å²) in [6.45, 7) is 3.87. The fourth-order valence-corrected chi connectivity index (χ4v) is 1.19. The van der Waals surface area contributed by atoms with Crippen molar-refractivity contribution in [2.24, 2.45) is 0 Å². The summed E-state index contributed by atoms with van der Waals surface area (Å²) in [5, 5.41) is 20.1. The van der Waals surface area contributed by atoms with E-state index in [1.165, 1.54) is 18.2 Å². The molecule has 3 heteroatoms. The van der Waals surface area contributed by atoms with Gasteiger partial charge in [-0.2, -0.15) is 0 Å². The Labute approximate surface area is 88.7 Å². The molecule has 0 saturated carbocycles. The number of allylic oxidation sites excluding steroid dienone is 2. The summed E-state index contributed by atoms with van der Waals surface area (Å²) in [7, 11) is 0. The molecule has 3 nitrogen and oxygen atoms in total. The second kappa shape index (κ2) is 4.64. The Kier molecular flexibility index (Phi) is 3.50. The molecule has 0 fully saturated rings. The SMILES string of the molecule is CC(C)=CCc1cc(C(=O)O)ccc1[O-]. The van der Waals surface area contributed by atoms with E-state index < -0.39 is 5.97 Å². The quantitative estimate of drug-likeness (QED) is 0.767. The maximum absolute atomic E-state index is 11.4. The molecule has 0 amide bonds. The third-order valence-electron chi connectivity index (χ3n) is 2.04. The van der Waals surface area contributed by atoms with E-state index in [0.29, 0.717) is 12.0 Å². The first-order chi connectivity index (χ1) is 7.00. The van der Waals surface area contributed by atoms with Crippen LogP contribution in [0.3, 0.4) is 0 Å². The van der Waals surface area contributed by atoms with Crippen molar-refractivity contribution in [1.29, 1.82) is 0 Å². The number of hydrogen-bond donors (Lipinski definition) is 1. The second-order valence-corrected chi connectivity index (χ2v) is 3.61. The molecule has 0 atom stereocenters. The summed E-state index contributed by atoms with van der Waals surface area (Å²) < 4.78 is 0. The third kappa shape index (κ3) is 3.13. The molecule has 1 aromatic carbocycles. The molecular formula is C12H13O3-. The number of carbonyl (C=O) groups is 1. The Balaban J connectivity index is 3.00. The van der Waals surface area contributed by atoms with Gasteiger partial charge >= 0.3 is 5.97 Å². The summed E-state index contributed by atoms with van der Waals surface area (Å²) in [6.07, 6.45) is 2.39. The maximum atomic E-state index is 11.4. The molecule has 1 aromatic rings. The number of aromatic carboxylic acids is 1. The fraction of sp³-hybridized carbons (Fsp3) is 0.250. The van der Waals surface area contributed by atoms with Crippen LogP contribution in [0.1, 0.15) is 29.8 Å². The minimum absolute atomic E-state index is 0.113. The number of rotatable bonds is 3. The molecule has 15 heavy (non-hydrogen) atoms. The van der Waals surface area contributed by atoms with Crippen molar-refractivity contribution >= 4 is 5.97 Å². The predicted octanol–water partition coefficient (Wildman–Crippen LogP) is 1.97. The van der Waals surface area contributed by atoms with Gasteiger partial charge in [-0.3, -0.25) is 0 Å². The minimum atomic E-state index is -1.01. The van der Waals surface area contributed by atoms with Crippen LogP contribution in [-0.2, 0) is 6.42 Å². The highest BCUT2D eigenvalue weighted by Crippen LogP contribution is 2.17. The van der Waals surface area contributed by atoms with Crippen LogP contribution in [0.25, 0.3) is 0 Å². The topological polar surface area (TPSA) is 60.4 Å². The molecule has 0 aliphatic heterocycles. The van der Waals surface area contributed by atoms with Crippen LogP contribution >= 0.6 is 0 Å². The van der Waals surface area contributed by atoms with E-state index in [1.54, 1.807) is 0 Å². The van der Waals surface area contributed by atoms with Gasteiger partial charge in [0.2, 0.25) is 0 Å². The molecule has 0 aliphatic carbocycles. The number of carboxylic acids is 1. The summed E-state index contributed by atoms with van der Waals surface area (Å²) in [4.78, 5) is 10.7. The van der Waals surface area contributed by atoms with Crippen LogP contribution in [0.5, 0.6) is 5.75 Å². The van der Waals surface area contributed by atoms with Gasteiger partial charge in [0.25, 0.3) is 0 Å². The number of carboxylic acid groups (broad SMARTS) is 1. The Morgan fingerprint density at radius 2 is 2.13 bits per heavy atom. The molecule has 0 aromatic heterocycles. The van der Waals surface area contributed by atoms with Crippen molar-refractivity contribution in [3.8, 4) is 5.75 Å². The van der Waals surface area contributed by atoms with E-state index in [9.17, 15) is 9.90 Å². The Morgan fingerprint density at radius 3 is 2.67 bits per heavy atom. The lowest BCUT2D eigenvalue weighted by Crippen LogP contribution is -2.01. The van der Waals surface area contributed by atoms with Crippen LogP contribution in [0.4, 0.5) is 0 Å². The average Bonchev–Trinajstić information content (AvgIpc) is 2.16. The van der Waals surface area contributed by atoms with Gasteiger partial charge in [-0.15, -0.1) is 5.75 Å². The largest absolute Gasteiger partial charge is 0.872 e. The molecular weight excluding hydrogens is 192 g/mol. The van der Waals surface area contributed by atoms with Gasteiger partial charge in [0.05, 0.1) is 5.56 Å².